The average Bonchev–Trinajstić information content (AvgIpc) is 3.34. The lowest BCUT2D eigenvalue weighted by molar-refractivity contribution is -0.134. The lowest BCUT2D eigenvalue weighted by Gasteiger charge is -2.35. The summed E-state index contributed by atoms with van der Waals surface area (Å²) in [5.41, 5.74) is 9.28. The number of H-pyrrole nitrogens is 1. The van der Waals surface area contributed by atoms with Gasteiger partial charge in [-0.25, -0.2) is 8.42 Å². The lowest BCUT2D eigenvalue weighted by Crippen LogP contribution is -2.51. The Morgan fingerprint density at radius 3 is 2.51 bits per heavy atom. The molecule has 8 nitrogen and oxygen atoms in total. The number of nitrogens with one attached hydrogen (secondary N) is 1. The van der Waals surface area contributed by atoms with Crippen LogP contribution in [0.3, 0.4) is 0 Å². The number of piperazine rings is 1. The molecule has 3 aromatic rings. The minimum atomic E-state index is -3.83. The molecule has 10 heteroatoms. The van der Waals surface area contributed by atoms with E-state index in [0.29, 0.717) is 35.1 Å². The van der Waals surface area contributed by atoms with Crippen LogP contribution in [0.5, 0.6) is 0 Å². The van der Waals surface area contributed by atoms with Gasteiger partial charge in [-0.1, -0.05) is 55.1 Å². The monoisotopic (exact) mass is 543 g/mol. The van der Waals surface area contributed by atoms with Gasteiger partial charge in [0.2, 0.25) is 5.91 Å². The third kappa shape index (κ3) is 5.56. The zero-order valence-electron chi connectivity index (χ0n) is 21.1. The van der Waals surface area contributed by atoms with E-state index in [2.05, 4.69) is 16.9 Å². The van der Waals surface area contributed by atoms with Crippen LogP contribution in [0.1, 0.15) is 49.4 Å². The number of aromatic nitrogens is 1. The summed E-state index contributed by atoms with van der Waals surface area (Å²) in [4.78, 5) is 19.8. The molecule has 2 fully saturated rings. The molecule has 2 heterocycles. The number of sulfonamides is 1. The van der Waals surface area contributed by atoms with Crippen LogP contribution in [-0.4, -0.2) is 66.1 Å². The van der Waals surface area contributed by atoms with Gasteiger partial charge in [0.15, 0.2) is 0 Å². The fourth-order valence-corrected chi connectivity index (χ4v) is 6.98. The number of benzene rings is 2. The summed E-state index contributed by atoms with van der Waals surface area (Å²) in [5, 5.41) is 1.31. The first-order valence-corrected chi connectivity index (χ1v) is 14.7. The molecular formula is C27H34ClN5O3S. The van der Waals surface area contributed by atoms with Crippen LogP contribution in [0, 0.1) is 0 Å². The van der Waals surface area contributed by atoms with Crippen LogP contribution in [0.15, 0.2) is 53.6 Å². The van der Waals surface area contributed by atoms with Crippen LogP contribution >= 0.6 is 11.6 Å². The lowest BCUT2D eigenvalue weighted by atomic mass is 9.93. The second kappa shape index (κ2) is 10.7. The number of nitrogens with two attached hydrogens (primary N) is 1. The third-order valence-corrected chi connectivity index (χ3v) is 9.75. The number of fused-ring (bicyclic) bond motifs is 1. The van der Waals surface area contributed by atoms with E-state index in [1.807, 2.05) is 24.3 Å². The number of rotatable bonds is 7. The Morgan fingerprint density at radius 2 is 1.81 bits per heavy atom. The minimum absolute atomic E-state index is 0.0659. The highest BCUT2D eigenvalue weighted by atomic mass is 35.5. The summed E-state index contributed by atoms with van der Waals surface area (Å²) in [5.74, 6) is -0.216. The minimum Gasteiger partial charge on any atom is -0.345 e. The Hall–Kier alpha value is -2.43. The van der Waals surface area contributed by atoms with Crippen molar-refractivity contribution in [3.63, 3.8) is 0 Å². The predicted octanol–water partition coefficient (Wildman–Crippen LogP) is 4.08. The van der Waals surface area contributed by atoms with Crippen molar-refractivity contribution in [1.82, 2.24) is 19.1 Å². The normalized spacial score (nSPS) is 19.1. The molecule has 1 aliphatic heterocycles. The summed E-state index contributed by atoms with van der Waals surface area (Å²) in [6.45, 7) is 0.814. The van der Waals surface area contributed by atoms with Crippen molar-refractivity contribution < 1.29 is 13.2 Å². The van der Waals surface area contributed by atoms with Gasteiger partial charge >= 0.3 is 0 Å². The first-order chi connectivity index (χ1) is 17.7. The van der Waals surface area contributed by atoms with Crippen molar-refractivity contribution in [2.45, 2.75) is 55.9 Å². The van der Waals surface area contributed by atoms with Crippen molar-refractivity contribution in [1.29, 1.82) is 0 Å². The number of hydrogen-bond acceptors (Lipinski definition) is 5. The van der Waals surface area contributed by atoms with Gasteiger partial charge in [0.25, 0.3) is 10.0 Å². The molecule has 1 unspecified atom stereocenters. The van der Waals surface area contributed by atoms with E-state index >= 15 is 0 Å². The number of halogens is 1. The largest absolute Gasteiger partial charge is 0.345 e. The molecule has 1 aliphatic carbocycles. The van der Waals surface area contributed by atoms with Gasteiger partial charge in [-0.05, 0) is 55.3 Å². The van der Waals surface area contributed by atoms with E-state index in [-0.39, 0.29) is 30.2 Å². The number of nitrogens with zero attached hydrogens (tertiary/aromatic N) is 3. The molecule has 1 atom stereocenters. The van der Waals surface area contributed by atoms with Crippen molar-refractivity contribution in [2.24, 2.45) is 5.73 Å². The Kier molecular flexibility index (Phi) is 7.60. The molecule has 198 valence electrons. The molecular weight excluding hydrogens is 510 g/mol. The van der Waals surface area contributed by atoms with Gasteiger partial charge in [0.05, 0.1) is 12.7 Å². The topological polar surface area (TPSA) is 103 Å². The smallest absolute Gasteiger partial charge is 0.259 e. The zero-order chi connectivity index (χ0) is 26.2. The fourth-order valence-electron chi connectivity index (χ4n) is 5.41. The maximum Gasteiger partial charge on any atom is 0.259 e. The van der Waals surface area contributed by atoms with Gasteiger partial charge in [-0.3, -0.25) is 9.69 Å². The highest BCUT2D eigenvalue weighted by Crippen LogP contribution is 2.28. The SMILES string of the molecule is CN(C1CCCCC1)C(N)c1ccc(CN2CCN(S(=O)(=O)c3cc4cc(Cl)ccc4[nH]3)CC2=O)cc1. The predicted molar refractivity (Wildman–Crippen MR) is 145 cm³/mol. The van der Waals surface area contributed by atoms with Crippen molar-refractivity contribution in [2.75, 3.05) is 26.7 Å². The number of hydrogen-bond donors (Lipinski definition) is 2. The van der Waals surface area contributed by atoms with Gasteiger partial charge in [-0.15, -0.1) is 0 Å². The molecule has 37 heavy (non-hydrogen) atoms. The molecule has 1 saturated heterocycles. The van der Waals surface area contributed by atoms with Crippen LogP contribution in [0.25, 0.3) is 10.9 Å². The number of aromatic amines is 1. The Balaban J connectivity index is 1.20. The maximum absolute atomic E-state index is 13.2. The van der Waals surface area contributed by atoms with Crippen LogP contribution < -0.4 is 5.73 Å². The molecule has 2 aliphatic rings. The fraction of sp³-hybridized carbons (Fsp3) is 0.444. The summed E-state index contributed by atoms with van der Waals surface area (Å²) >= 11 is 6.03. The van der Waals surface area contributed by atoms with Crippen LogP contribution in [0.2, 0.25) is 5.02 Å². The van der Waals surface area contributed by atoms with Crippen LogP contribution in [0.4, 0.5) is 0 Å². The van der Waals surface area contributed by atoms with E-state index in [9.17, 15) is 13.2 Å². The van der Waals surface area contributed by atoms with E-state index in [0.717, 1.165) is 11.1 Å². The highest BCUT2D eigenvalue weighted by molar-refractivity contribution is 7.89. The van der Waals surface area contributed by atoms with E-state index < -0.39 is 10.0 Å². The van der Waals surface area contributed by atoms with Gasteiger partial charge in [0.1, 0.15) is 5.03 Å². The van der Waals surface area contributed by atoms with Crippen LogP contribution in [-0.2, 0) is 21.4 Å². The molecule has 3 N–H and O–H groups in total. The molecule has 2 aromatic carbocycles. The Bertz CT molecular complexity index is 1370. The second-order valence-corrected chi connectivity index (χ2v) is 12.5. The van der Waals surface area contributed by atoms with Gasteiger partial charge in [-0.2, -0.15) is 4.31 Å². The molecule has 0 spiro atoms. The van der Waals surface area contributed by atoms with Crippen molar-refractivity contribution >= 4 is 38.4 Å². The third-order valence-electron chi connectivity index (χ3n) is 7.74. The molecule has 1 saturated carbocycles. The number of carbonyl (C=O) groups is 1. The maximum atomic E-state index is 13.2. The summed E-state index contributed by atoms with van der Waals surface area (Å²) in [6, 6.07) is 15.3. The molecule has 1 amide bonds. The molecule has 0 bridgehead atoms. The summed E-state index contributed by atoms with van der Waals surface area (Å²) in [6.07, 6.45) is 6.07. The molecule has 0 radical (unpaired) electrons. The zero-order valence-corrected chi connectivity index (χ0v) is 22.6. The summed E-state index contributed by atoms with van der Waals surface area (Å²) in [7, 11) is -1.73. The molecule has 1 aromatic heterocycles. The first-order valence-electron chi connectivity index (χ1n) is 12.8. The summed E-state index contributed by atoms with van der Waals surface area (Å²) < 4.78 is 27.6. The first kappa shape index (κ1) is 26.2. The Morgan fingerprint density at radius 1 is 1.08 bits per heavy atom. The second-order valence-electron chi connectivity index (χ2n) is 10.2. The van der Waals surface area contributed by atoms with E-state index in [1.165, 1.54) is 36.4 Å². The van der Waals surface area contributed by atoms with Gasteiger partial charge in [0, 0.05) is 41.6 Å². The van der Waals surface area contributed by atoms with E-state index in [1.54, 1.807) is 29.2 Å². The quantitative estimate of drug-likeness (QED) is 0.437. The Labute approximate surface area is 223 Å². The molecule has 5 rings (SSSR count). The van der Waals surface area contributed by atoms with Gasteiger partial charge < -0.3 is 15.6 Å². The van der Waals surface area contributed by atoms with Crippen molar-refractivity contribution in [3.8, 4) is 0 Å². The average molecular weight is 544 g/mol. The van der Waals surface area contributed by atoms with Crippen molar-refractivity contribution in [3.05, 3.63) is 64.7 Å². The van der Waals surface area contributed by atoms with E-state index in [4.69, 9.17) is 17.3 Å². The number of amides is 1. The number of carbonyl (C=O) groups excluding carboxylic acids is 1. The highest BCUT2D eigenvalue weighted by Gasteiger charge is 2.34. The standard InChI is InChI=1S/C27H34ClN5O3S/c1-31(23-5-3-2-4-6-23)27(29)20-9-7-19(8-10-20)17-32-13-14-33(18-26(32)34)37(35,36)25-16-21-15-22(28)11-12-24(21)30-25/h7-12,15-16,23,27,30H,2-6,13-14,17-18,29H2,1H3.